The first-order chi connectivity index (χ1) is 12.1. The summed E-state index contributed by atoms with van der Waals surface area (Å²) in [7, 11) is 0. The van der Waals surface area contributed by atoms with E-state index in [1.54, 1.807) is 0 Å². The maximum atomic E-state index is 12.2. The highest BCUT2D eigenvalue weighted by Gasteiger charge is 2.22. The third-order valence-electron chi connectivity index (χ3n) is 5.04. The summed E-state index contributed by atoms with van der Waals surface area (Å²) in [6.07, 6.45) is 7.72. The number of benzene rings is 1. The molecule has 1 aliphatic carbocycles. The van der Waals surface area contributed by atoms with Crippen molar-refractivity contribution in [2.24, 2.45) is 5.92 Å². The first kappa shape index (κ1) is 18.2. The molecule has 0 saturated carbocycles. The van der Waals surface area contributed by atoms with Crippen LogP contribution in [0.2, 0.25) is 0 Å². The third kappa shape index (κ3) is 5.41. The van der Waals surface area contributed by atoms with Crippen molar-refractivity contribution in [1.29, 1.82) is 0 Å². The van der Waals surface area contributed by atoms with Crippen LogP contribution in [0.1, 0.15) is 44.2 Å². The van der Waals surface area contributed by atoms with Crippen LogP contribution in [0.25, 0.3) is 0 Å². The smallest absolute Gasteiger partial charge is 0.220 e. The summed E-state index contributed by atoms with van der Waals surface area (Å²) >= 11 is 0. The molecule has 1 aromatic carbocycles. The van der Waals surface area contributed by atoms with Crippen molar-refractivity contribution in [1.82, 2.24) is 10.2 Å². The van der Waals surface area contributed by atoms with Gasteiger partial charge in [0.2, 0.25) is 5.91 Å². The summed E-state index contributed by atoms with van der Waals surface area (Å²) in [6.45, 7) is 7.70. The van der Waals surface area contributed by atoms with Gasteiger partial charge in [-0.25, -0.2) is 0 Å². The molecule has 4 nitrogen and oxygen atoms in total. The molecule has 1 fully saturated rings. The maximum absolute atomic E-state index is 12.2. The van der Waals surface area contributed by atoms with Crippen molar-refractivity contribution < 1.29 is 9.53 Å². The molecule has 25 heavy (non-hydrogen) atoms. The molecule has 0 bridgehead atoms. The Morgan fingerprint density at radius 1 is 1.20 bits per heavy atom. The molecule has 1 amide bonds. The van der Waals surface area contributed by atoms with Gasteiger partial charge in [0.25, 0.3) is 0 Å². The van der Waals surface area contributed by atoms with Crippen LogP contribution in [0.4, 0.5) is 0 Å². The Balaban J connectivity index is 1.55. The van der Waals surface area contributed by atoms with Gasteiger partial charge in [0.05, 0.1) is 12.2 Å². The predicted octanol–water partition coefficient (Wildman–Crippen LogP) is 3.27. The highest BCUT2D eigenvalue weighted by molar-refractivity contribution is 5.76. The van der Waals surface area contributed by atoms with E-state index in [4.69, 9.17) is 4.74 Å². The van der Waals surface area contributed by atoms with Crippen LogP contribution in [0.5, 0.6) is 0 Å². The van der Waals surface area contributed by atoms with Crippen LogP contribution in [-0.4, -0.2) is 36.1 Å². The van der Waals surface area contributed by atoms with Crippen LogP contribution in [0, 0.1) is 5.92 Å². The number of amides is 1. The standard InChI is InChI=1S/C21H30N2O2/c1-16-13-23(14-17(2)25-16)15-20-10-6-5-9-19(20)12-22-21(24)11-18-7-3-4-8-18/h3,5-7,9-10,16-18H,4,8,11-15H2,1-2H3,(H,22,24)/t16-,17-,18-/m1/s1. The number of rotatable bonds is 6. The second-order valence-corrected chi connectivity index (χ2v) is 7.47. The number of ether oxygens (including phenoxy) is 1. The Hall–Kier alpha value is -1.65. The largest absolute Gasteiger partial charge is 0.373 e. The molecule has 1 N–H and O–H groups in total. The zero-order valence-corrected chi connectivity index (χ0v) is 15.4. The molecule has 1 saturated heterocycles. The Labute approximate surface area is 151 Å². The molecular formula is C21H30N2O2. The highest BCUT2D eigenvalue weighted by atomic mass is 16.5. The van der Waals surface area contributed by atoms with E-state index >= 15 is 0 Å². The van der Waals surface area contributed by atoms with Crippen LogP contribution in [0.15, 0.2) is 36.4 Å². The fourth-order valence-electron chi connectivity index (χ4n) is 3.91. The number of carbonyl (C=O) groups excluding carboxylic acids is 1. The van der Waals surface area contributed by atoms with Crippen molar-refractivity contribution in [2.75, 3.05) is 13.1 Å². The van der Waals surface area contributed by atoms with Gasteiger partial charge >= 0.3 is 0 Å². The average Bonchev–Trinajstić information content (AvgIpc) is 3.06. The van der Waals surface area contributed by atoms with Crippen LogP contribution in [0.3, 0.4) is 0 Å². The molecule has 4 heteroatoms. The van der Waals surface area contributed by atoms with Crippen molar-refractivity contribution in [3.05, 3.63) is 47.5 Å². The van der Waals surface area contributed by atoms with Crippen molar-refractivity contribution in [3.63, 3.8) is 0 Å². The molecule has 1 heterocycles. The lowest BCUT2D eigenvalue weighted by Crippen LogP contribution is -2.45. The van der Waals surface area contributed by atoms with E-state index < -0.39 is 0 Å². The molecule has 0 spiro atoms. The lowest BCUT2D eigenvalue weighted by molar-refractivity contribution is -0.121. The molecule has 136 valence electrons. The van der Waals surface area contributed by atoms with Gasteiger partial charge in [0.1, 0.15) is 0 Å². The van der Waals surface area contributed by atoms with E-state index in [0.717, 1.165) is 32.5 Å². The van der Waals surface area contributed by atoms with E-state index in [-0.39, 0.29) is 18.1 Å². The van der Waals surface area contributed by atoms with E-state index in [9.17, 15) is 4.79 Å². The predicted molar refractivity (Wildman–Crippen MR) is 100 cm³/mol. The molecule has 1 aliphatic heterocycles. The third-order valence-corrected chi connectivity index (χ3v) is 5.04. The quantitative estimate of drug-likeness (QED) is 0.807. The molecule has 3 atom stereocenters. The lowest BCUT2D eigenvalue weighted by atomic mass is 10.0. The summed E-state index contributed by atoms with van der Waals surface area (Å²) < 4.78 is 5.82. The molecule has 2 aliphatic rings. The number of nitrogens with one attached hydrogen (secondary N) is 1. The summed E-state index contributed by atoms with van der Waals surface area (Å²) in [6, 6.07) is 8.43. The van der Waals surface area contributed by atoms with Gasteiger partial charge in [-0.1, -0.05) is 36.4 Å². The Kier molecular flexibility index (Phi) is 6.27. The van der Waals surface area contributed by atoms with Gasteiger partial charge in [-0.2, -0.15) is 0 Å². The Morgan fingerprint density at radius 3 is 2.60 bits per heavy atom. The minimum atomic E-state index is 0.153. The molecule has 1 aromatic rings. The van der Waals surface area contributed by atoms with Crippen molar-refractivity contribution in [2.45, 2.75) is 58.4 Å². The van der Waals surface area contributed by atoms with E-state index in [1.807, 2.05) is 0 Å². The SMILES string of the molecule is C[C@@H]1CN(Cc2ccccc2CNC(=O)C[C@@H]2C=CCC2)C[C@@H](C)O1. The van der Waals surface area contributed by atoms with Gasteiger partial charge in [-0.05, 0) is 43.7 Å². The maximum Gasteiger partial charge on any atom is 0.220 e. The number of carbonyl (C=O) groups is 1. The number of allylic oxidation sites excluding steroid dienone is 2. The summed E-state index contributed by atoms with van der Waals surface area (Å²) in [5.74, 6) is 0.575. The van der Waals surface area contributed by atoms with Crippen molar-refractivity contribution >= 4 is 5.91 Å². The topological polar surface area (TPSA) is 41.6 Å². The summed E-state index contributed by atoms with van der Waals surface area (Å²) in [4.78, 5) is 14.6. The molecular weight excluding hydrogens is 312 g/mol. The molecule has 3 rings (SSSR count). The van der Waals surface area contributed by atoms with Gasteiger partial charge in [0.15, 0.2) is 0 Å². The molecule has 0 radical (unpaired) electrons. The number of hydrogen-bond donors (Lipinski definition) is 1. The Bertz CT molecular complexity index is 604. The van der Waals surface area contributed by atoms with Crippen LogP contribution >= 0.6 is 0 Å². The van der Waals surface area contributed by atoms with Crippen molar-refractivity contribution in [3.8, 4) is 0 Å². The van der Waals surface area contributed by atoms with E-state index in [2.05, 4.69) is 60.5 Å². The van der Waals surface area contributed by atoms with Gasteiger partial charge in [0, 0.05) is 32.6 Å². The number of nitrogens with zero attached hydrogens (tertiary/aromatic N) is 1. The lowest BCUT2D eigenvalue weighted by Gasteiger charge is -2.35. The second-order valence-electron chi connectivity index (χ2n) is 7.47. The normalized spacial score (nSPS) is 26.7. The minimum Gasteiger partial charge on any atom is -0.373 e. The summed E-state index contributed by atoms with van der Waals surface area (Å²) in [5, 5.41) is 3.11. The van der Waals surface area contributed by atoms with Gasteiger partial charge in [-0.15, -0.1) is 0 Å². The first-order valence-electron chi connectivity index (χ1n) is 9.48. The Morgan fingerprint density at radius 2 is 1.92 bits per heavy atom. The highest BCUT2D eigenvalue weighted by Crippen LogP contribution is 2.20. The fraction of sp³-hybridized carbons (Fsp3) is 0.571. The molecule has 0 aromatic heterocycles. The summed E-state index contributed by atoms with van der Waals surface area (Å²) in [5.41, 5.74) is 2.51. The van der Waals surface area contributed by atoms with Crippen LogP contribution in [-0.2, 0) is 22.6 Å². The number of hydrogen-bond acceptors (Lipinski definition) is 3. The second kappa shape index (κ2) is 8.63. The zero-order valence-electron chi connectivity index (χ0n) is 15.4. The van der Waals surface area contributed by atoms with E-state index in [0.29, 0.717) is 18.9 Å². The number of morpholine rings is 1. The van der Waals surface area contributed by atoms with Gasteiger partial charge < -0.3 is 10.1 Å². The minimum absolute atomic E-state index is 0.153. The van der Waals surface area contributed by atoms with Gasteiger partial charge in [-0.3, -0.25) is 9.69 Å². The van der Waals surface area contributed by atoms with Crippen LogP contribution < -0.4 is 5.32 Å². The zero-order chi connectivity index (χ0) is 17.6. The monoisotopic (exact) mass is 342 g/mol. The molecule has 0 unspecified atom stereocenters. The van der Waals surface area contributed by atoms with E-state index in [1.165, 1.54) is 11.1 Å². The fourth-order valence-corrected chi connectivity index (χ4v) is 3.91. The average molecular weight is 342 g/mol. The first-order valence-corrected chi connectivity index (χ1v) is 9.48.